The van der Waals surface area contributed by atoms with E-state index in [1.54, 1.807) is 4.90 Å². The maximum atomic E-state index is 11.4. The van der Waals surface area contributed by atoms with Crippen LogP contribution in [0.1, 0.15) is 12.8 Å². The number of aromatic amines is 1. The van der Waals surface area contributed by atoms with E-state index < -0.39 is 0 Å². The molecule has 1 saturated heterocycles. The molecular formula is C9H11IN4O2. The van der Waals surface area contributed by atoms with Gasteiger partial charge in [0.05, 0.1) is 6.33 Å². The zero-order valence-corrected chi connectivity index (χ0v) is 10.6. The van der Waals surface area contributed by atoms with Crippen molar-refractivity contribution in [3.8, 4) is 0 Å². The molecule has 1 aliphatic rings. The Hall–Kier alpha value is -1.12. The minimum absolute atomic E-state index is 0.194. The molecule has 7 heteroatoms. The number of rotatable bonds is 2. The van der Waals surface area contributed by atoms with Crippen LogP contribution < -0.4 is 16.2 Å². The van der Waals surface area contributed by atoms with E-state index in [1.807, 2.05) is 22.6 Å². The molecule has 0 aromatic carbocycles. The first-order chi connectivity index (χ1) is 7.61. The number of nitrogens with zero attached hydrogens (tertiary/aromatic N) is 2. The third-order valence-electron chi connectivity index (χ3n) is 2.63. The van der Waals surface area contributed by atoms with Gasteiger partial charge in [0.25, 0.3) is 5.56 Å². The molecular weight excluding hydrogens is 323 g/mol. The van der Waals surface area contributed by atoms with Crippen molar-refractivity contribution in [3.63, 3.8) is 0 Å². The van der Waals surface area contributed by atoms with Crippen LogP contribution in [0.25, 0.3) is 0 Å². The van der Waals surface area contributed by atoms with Gasteiger partial charge in [-0.05, 0) is 35.4 Å². The molecule has 0 saturated carbocycles. The Morgan fingerprint density at radius 1 is 1.69 bits per heavy atom. The molecule has 2 rings (SSSR count). The first-order valence-electron chi connectivity index (χ1n) is 4.90. The number of amides is 1. The van der Waals surface area contributed by atoms with Crippen molar-refractivity contribution in [1.29, 1.82) is 0 Å². The van der Waals surface area contributed by atoms with E-state index in [0.717, 1.165) is 12.8 Å². The molecule has 1 aromatic heterocycles. The molecule has 0 aliphatic carbocycles. The molecule has 1 aromatic rings. The van der Waals surface area contributed by atoms with Crippen LogP contribution in [0.3, 0.4) is 0 Å². The maximum absolute atomic E-state index is 11.4. The number of primary amides is 1. The van der Waals surface area contributed by atoms with Crippen molar-refractivity contribution in [2.75, 3.05) is 11.4 Å². The second kappa shape index (κ2) is 4.40. The van der Waals surface area contributed by atoms with Crippen LogP contribution >= 0.6 is 22.6 Å². The summed E-state index contributed by atoms with van der Waals surface area (Å²) in [6.45, 7) is 0.708. The Morgan fingerprint density at radius 2 is 2.44 bits per heavy atom. The van der Waals surface area contributed by atoms with Gasteiger partial charge in [-0.2, -0.15) is 0 Å². The van der Waals surface area contributed by atoms with E-state index in [4.69, 9.17) is 5.73 Å². The van der Waals surface area contributed by atoms with Gasteiger partial charge in [0.1, 0.15) is 15.4 Å². The molecule has 86 valence electrons. The summed E-state index contributed by atoms with van der Waals surface area (Å²) in [6.07, 6.45) is 2.95. The Labute approximate surface area is 105 Å². The second-order valence-corrected chi connectivity index (χ2v) is 4.70. The second-order valence-electron chi connectivity index (χ2n) is 3.62. The van der Waals surface area contributed by atoms with Crippen LogP contribution in [-0.2, 0) is 4.79 Å². The van der Waals surface area contributed by atoms with Crippen LogP contribution in [0.4, 0.5) is 5.82 Å². The Morgan fingerprint density at radius 3 is 3.12 bits per heavy atom. The molecule has 1 aliphatic heterocycles. The summed E-state index contributed by atoms with van der Waals surface area (Å²) in [5.74, 6) is 0.182. The van der Waals surface area contributed by atoms with E-state index in [-0.39, 0.29) is 17.5 Å². The minimum atomic E-state index is -0.365. The van der Waals surface area contributed by atoms with E-state index in [2.05, 4.69) is 9.97 Å². The molecule has 0 bridgehead atoms. The SMILES string of the molecule is NC(=O)C1CCCN1c1nc[nH]c(=O)c1I. The van der Waals surface area contributed by atoms with Gasteiger partial charge in [-0.15, -0.1) is 0 Å². The number of H-pyrrole nitrogens is 1. The van der Waals surface area contributed by atoms with Gasteiger partial charge in [0.2, 0.25) is 5.91 Å². The van der Waals surface area contributed by atoms with E-state index in [0.29, 0.717) is 15.9 Å². The van der Waals surface area contributed by atoms with Crippen LogP contribution in [0.5, 0.6) is 0 Å². The zero-order valence-electron chi connectivity index (χ0n) is 8.44. The molecule has 1 unspecified atom stereocenters. The highest BCUT2D eigenvalue weighted by atomic mass is 127. The third-order valence-corrected chi connectivity index (χ3v) is 3.60. The summed E-state index contributed by atoms with van der Waals surface area (Å²) < 4.78 is 0.494. The lowest BCUT2D eigenvalue weighted by Crippen LogP contribution is -2.41. The fourth-order valence-electron chi connectivity index (χ4n) is 1.89. The maximum Gasteiger partial charge on any atom is 0.266 e. The van der Waals surface area contributed by atoms with E-state index >= 15 is 0 Å². The summed E-state index contributed by atoms with van der Waals surface area (Å²) in [5.41, 5.74) is 5.12. The van der Waals surface area contributed by atoms with Crippen LogP contribution in [0.2, 0.25) is 0 Å². The number of hydrogen-bond acceptors (Lipinski definition) is 4. The number of hydrogen-bond donors (Lipinski definition) is 2. The molecule has 0 spiro atoms. The van der Waals surface area contributed by atoms with Gasteiger partial charge in [0.15, 0.2) is 0 Å². The van der Waals surface area contributed by atoms with Crippen molar-refractivity contribution in [2.45, 2.75) is 18.9 Å². The third kappa shape index (κ3) is 1.91. The van der Waals surface area contributed by atoms with Crippen LogP contribution in [-0.4, -0.2) is 28.5 Å². The standard InChI is InChI=1S/C9H11IN4O2/c10-6-8(12-4-13-9(6)16)14-3-1-2-5(14)7(11)15/h4-5H,1-3H2,(H2,11,15)(H,12,13,16). The quantitative estimate of drug-likeness (QED) is 0.735. The smallest absolute Gasteiger partial charge is 0.266 e. The fraction of sp³-hybridized carbons (Fsp3) is 0.444. The van der Waals surface area contributed by atoms with Crippen LogP contribution in [0, 0.1) is 3.57 Å². The summed E-state index contributed by atoms with van der Waals surface area (Å²) in [7, 11) is 0. The lowest BCUT2D eigenvalue weighted by atomic mass is 10.2. The number of halogens is 1. The number of carbonyl (C=O) groups excluding carboxylic acids is 1. The van der Waals surface area contributed by atoms with Gasteiger partial charge in [-0.1, -0.05) is 0 Å². The fourth-order valence-corrected chi connectivity index (χ4v) is 2.49. The summed E-state index contributed by atoms with van der Waals surface area (Å²) in [5, 5.41) is 0. The highest BCUT2D eigenvalue weighted by Crippen LogP contribution is 2.25. The van der Waals surface area contributed by atoms with Crippen molar-refractivity contribution in [2.24, 2.45) is 5.73 Å². The predicted octanol–water partition coefficient (Wildman–Crippen LogP) is -0.171. The summed E-state index contributed by atoms with van der Waals surface area (Å²) in [4.78, 5) is 31.1. The molecule has 1 fully saturated rings. The number of nitrogens with one attached hydrogen (secondary N) is 1. The Bertz CT molecular complexity index is 473. The number of carbonyl (C=O) groups is 1. The van der Waals surface area contributed by atoms with Gasteiger partial charge in [-0.3, -0.25) is 9.59 Å². The lowest BCUT2D eigenvalue weighted by molar-refractivity contribution is -0.119. The lowest BCUT2D eigenvalue weighted by Gasteiger charge is -2.23. The Kier molecular flexibility index (Phi) is 3.13. The molecule has 2 heterocycles. The summed E-state index contributed by atoms with van der Waals surface area (Å²) in [6, 6.07) is -0.345. The highest BCUT2D eigenvalue weighted by Gasteiger charge is 2.31. The molecule has 16 heavy (non-hydrogen) atoms. The summed E-state index contributed by atoms with van der Waals surface area (Å²) >= 11 is 1.93. The number of nitrogens with two attached hydrogens (primary N) is 1. The van der Waals surface area contributed by atoms with E-state index in [9.17, 15) is 9.59 Å². The first kappa shape index (κ1) is 11.4. The normalized spacial score (nSPS) is 20.1. The van der Waals surface area contributed by atoms with Gasteiger partial charge in [-0.25, -0.2) is 4.98 Å². The average molecular weight is 334 g/mol. The molecule has 1 atom stereocenters. The minimum Gasteiger partial charge on any atom is -0.368 e. The predicted molar refractivity (Wildman–Crippen MR) is 67.1 cm³/mol. The average Bonchev–Trinajstić information content (AvgIpc) is 2.70. The van der Waals surface area contributed by atoms with Crippen molar-refractivity contribution in [1.82, 2.24) is 9.97 Å². The van der Waals surface area contributed by atoms with Crippen molar-refractivity contribution < 1.29 is 4.79 Å². The molecule has 1 amide bonds. The Balaban J connectivity index is 2.40. The monoisotopic (exact) mass is 334 g/mol. The zero-order chi connectivity index (χ0) is 11.7. The van der Waals surface area contributed by atoms with Gasteiger partial charge in [0, 0.05) is 6.54 Å². The number of aromatic nitrogens is 2. The van der Waals surface area contributed by atoms with Gasteiger partial charge >= 0.3 is 0 Å². The largest absolute Gasteiger partial charge is 0.368 e. The van der Waals surface area contributed by atoms with Crippen molar-refractivity contribution in [3.05, 3.63) is 20.3 Å². The van der Waals surface area contributed by atoms with Gasteiger partial charge < -0.3 is 15.6 Å². The molecule has 0 radical (unpaired) electrons. The first-order valence-corrected chi connectivity index (χ1v) is 5.98. The van der Waals surface area contributed by atoms with Crippen molar-refractivity contribution >= 4 is 34.3 Å². The highest BCUT2D eigenvalue weighted by molar-refractivity contribution is 14.1. The van der Waals surface area contributed by atoms with Crippen LogP contribution in [0.15, 0.2) is 11.1 Å². The molecule has 3 N–H and O–H groups in total. The number of anilines is 1. The topological polar surface area (TPSA) is 92.1 Å². The van der Waals surface area contributed by atoms with E-state index in [1.165, 1.54) is 6.33 Å². The molecule has 6 nitrogen and oxygen atoms in total.